The van der Waals surface area contributed by atoms with E-state index in [1.54, 1.807) is 31.2 Å². The molecule has 6 nitrogen and oxygen atoms in total. The minimum atomic E-state index is -0.565. The number of nitrogens with two attached hydrogens (primary N) is 1. The molecule has 0 aliphatic heterocycles. The minimum absolute atomic E-state index is 0.0369. The van der Waals surface area contributed by atoms with Crippen LogP contribution in [0.2, 0.25) is 0 Å². The minimum Gasteiger partial charge on any atom is -0.465 e. The van der Waals surface area contributed by atoms with E-state index in [1.807, 2.05) is 0 Å². The van der Waals surface area contributed by atoms with Crippen LogP contribution in [-0.2, 0) is 14.3 Å². The molecule has 0 aliphatic carbocycles. The van der Waals surface area contributed by atoms with Gasteiger partial charge in [-0.1, -0.05) is 19.1 Å². The van der Waals surface area contributed by atoms with E-state index in [9.17, 15) is 14.4 Å². The van der Waals surface area contributed by atoms with Crippen LogP contribution in [0.5, 0.6) is 0 Å². The van der Waals surface area contributed by atoms with Crippen molar-refractivity contribution in [2.45, 2.75) is 13.3 Å². The first-order valence-corrected chi connectivity index (χ1v) is 5.72. The summed E-state index contributed by atoms with van der Waals surface area (Å²) in [5, 5.41) is 2.56. The predicted octanol–water partition coefficient (Wildman–Crippen LogP) is 0.923. The van der Waals surface area contributed by atoms with Crippen molar-refractivity contribution in [2.75, 3.05) is 12.4 Å². The Morgan fingerprint density at radius 3 is 2.53 bits per heavy atom. The Morgan fingerprint density at radius 2 is 1.95 bits per heavy atom. The molecule has 102 valence electrons. The number of amides is 2. The average molecular weight is 264 g/mol. The van der Waals surface area contributed by atoms with E-state index < -0.39 is 17.8 Å². The number of carbonyl (C=O) groups is 3. The summed E-state index contributed by atoms with van der Waals surface area (Å²) in [7, 11) is 1.26. The molecule has 1 unspecified atom stereocenters. The molecule has 0 saturated carbocycles. The van der Waals surface area contributed by atoms with Crippen molar-refractivity contribution in [2.24, 2.45) is 11.7 Å². The molecule has 0 bridgehead atoms. The number of primary amides is 1. The lowest BCUT2D eigenvalue weighted by Crippen LogP contribution is -2.26. The number of rotatable bonds is 5. The van der Waals surface area contributed by atoms with Crippen LogP contribution in [0.3, 0.4) is 0 Å². The van der Waals surface area contributed by atoms with Gasteiger partial charge in [-0.2, -0.15) is 0 Å². The summed E-state index contributed by atoms with van der Waals surface area (Å²) in [6.45, 7) is 1.56. The predicted molar refractivity (Wildman–Crippen MR) is 69.4 cm³/mol. The second kappa shape index (κ2) is 6.53. The third-order valence-electron chi connectivity index (χ3n) is 2.58. The molecule has 0 heterocycles. The van der Waals surface area contributed by atoms with Crippen molar-refractivity contribution in [1.82, 2.24) is 0 Å². The zero-order valence-corrected chi connectivity index (χ0v) is 10.8. The Kier molecular flexibility index (Phi) is 5.05. The zero-order valence-electron chi connectivity index (χ0n) is 10.8. The van der Waals surface area contributed by atoms with Crippen LogP contribution in [-0.4, -0.2) is 24.9 Å². The Hall–Kier alpha value is -2.37. The zero-order chi connectivity index (χ0) is 14.4. The van der Waals surface area contributed by atoms with Crippen molar-refractivity contribution in [3.8, 4) is 0 Å². The van der Waals surface area contributed by atoms with Gasteiger partial charge in [-0.15, -0.1) is 0 Å². The van der Waals surface area contributed by atoms with Gasteiger partial charge in [0.25, 0.3) is 0 Å². The first-order chi connectivity index (χ1) is 8.95. The average Bonchev–Trinajstić information content (AvgIpc) is 2.38. The molecule has 0 fully saturated rings. The summed E-state index contributed by atoms with van der Waals surface area (Å²) in [5.74, 6) is -2.04. The van der Waals surface area contributed by atoms with Crippen LogP contribution in [0, 0.1) is 5.92 Å². The number of hydrogen-bond donors (Lipinski definition) is 2. The first kappa shape index (κ1) is 14.7. The number of ether oxygens (including phenoxy) is 1. The number of carbonyl (C=O) groups excluding carboxylic acids is 3. The Balaban J connectivity index is 2.80. The van der Waals surface area contributed by atoms with Gasteiger partial charge < -0.3 is 15.8 Å². The summed E-state index contributed by atoms with van der Waals surface area (Å²) in [6.07, 6.45) is -0.0369. The third kappa shape index (κ3) is 4.09. The highest BCUT2D eigenvalue weighted by molar-refractivity contribution is 6.01. The van der Waals surface area contributed by atoms with Gasteiger partial charge in [-0.25, -0.2) is 4.79 Å². The number of benzene rings is 1. The molecule has 1 atom stereocenters. The van der Waals surface area contributed by atoms with Crippen LogP contribution in [0.15, 0.2) is 24.3 Å². The number of anilines is 1. The van der Waals surface area contributed by atoms with Crippen molar-refractivity contribution < 1.29 is 19.1 Å². The quantitative estimate of drug-likeness (QED) is 0.772. The molecule has 6 heteroatoms. The summed E-state index contributed by atoms with van der Waals surface area (Å²) >= 11 is 0. The van der Waals surface area contributed by atoms with Crippen molar-refractivity contribution >= 4 is 23.5 Å². The SMILES string of the molecule is COC(=O)c1ccccc1NC(=O)CC(C)C(N)=O. The smallest absolute Gasteiger partial charge is 0.339 e. The van der Waals surface area contributed by atoms with Crippen LogP contribution >= 0.6 is 0 Å². The molecule has 1 aromatic carbocycles. The summed E-state index contributed by atoms with van der Waals surface area (Å²) in [6, 6.07) is 6.46. The molecule has 0 radical (unpaired) electrons. The van der Waals surface area contributed by atoms with Crippen molar-refractivity contribution in [3.05, 3.63) is 29.8 Å². The lowest BCUT2D eigenvalue weighted by Gasteiger charge is -2.11. The molecular weight excluding hydrogens is 248 g/mol. The molecular formula is C13H16N2O4. The van der Waals surface area contributed by atoms with E-state index in [2.05, 4.69) is 10.1 Å². The molecule has 0 aliphatic rings. The number of methoxy groups -OCH3 is 1. The van der Waals surface area contributed by atoms with Gasteiger partial charge in [0.1, 0.15) is 0 Å². The van der Waals surface area contributed by atoms with Crippen LogP contribution in [0.1, 0.15) is 23.7 Å². The summed E-state index contributed by atoms with van der Waals surface area (Å²) in [5.41, 5.74) is 5.68. The van der Waals surface area contributed by atoms with E-state index in [1.165, 1.54) is 7.11 Å². The second-order valence-corrected chi connectivity index (χ2v) is 4.09. The highest BCUT2D eigenvalue weighted by Gasteiger charge is 2.17. The highest BCUT2D eigenvalue weighted by Crippen LogP contribution is 2.16. The van der Waals surface area contributed by atoms with E-state index in [0.29, 0.717) is 5.69 Å². The fraction of sp³-hybridized carbons (Fsp3) is 0.308. The Morgan fingerprint density at radius 1 is 1.32 bits per heavy atom. The third-order valence-corrected chi connectivity index (χ3v) is 2.58. The van der Waals surface area contributed by atoms with Gasteiger partial charge in [0.2, 0.25) is 11.8 Å². The Bertz CT molecular complexity index is 499. The number of esters is 1. The number of nitrogens with one attached hydrogen (secondary N) is 1. The van der Waals surface area contributed by atoms with E-state index >= 15 is 0 Å². The fourth-order valence-electron chi connectivity index (χ4n) is 1.46. The maximum Gasteiger partial charge on any atom is 0.339 e. The lowest BCUT2D eigenvalue weighted by molar-refractivity contribution is -0.125. The maximum absolute atomic E-state index is 11.7. The second-order valence-electron chi connectivity index (χ2n) is 4.09. The molecule has 0 aromatic heterocycles. The molecule has 0 spiro atoms. The van der Waals surface area contributed by atoms with Gasteiger partial charge in [-0.3, -0.25) is 9.59 Å². The highest BCUT2D eigenvalue weighted by atomic mass is 16.5. The fourth-order valence-corrected chi connectivity index (χ4v) is 1.46. The molecule has 1 aromatic rings. The van der Waals surface area contributed by atoms with Crippen LogP contribution in [0.4, 0.5) is 5.69 Å². The molecule has 0 saturated heterocycles. The molecule has 19 heavy (non-hydrogen) atoms. The Labute approximate surface area is 110 Å². The van der Waals surface area contributed by atoms with Gasteiger partial charge >= 0.3 is 5.97 Å². The van der Waals surface area contributed by atoms with Crippen molar-refractivity contribution in [1.29, 1.82) is 0 Å². The van der Waals surface area contributed by atoms with Gasteiger partial charge in [0, 0.05) is 12.3 Å². The number of hydrogen-bond acceptors (Lipinski definition) is 4. The summed E-state index contributed by atoms with van der Waals surface area (Å²) < 4.78 is 4.61. The van der Waals surface area contributed by atoms with Gasteiger partial charge in [-0.05, 0) is 12.1 Å². The normalized spacial score (nSPS) is 11.5. The maximum atomic E-state index is 11.7. The largest absolute Gasteiger partial charge is 0.465 e. The summed E-state index contributed by atoms with van der Waals surface area (Å²) in [4.78, 5) is 34.1. The lowest BCUT2D eigenvalue weighted by atomic mass is 10.1. The monoisotopic (exact) mass is 264 g/mol. The van der Waals surface area contributed by atoms with E-state index in [-0.39, 0.29) is 17.9 Å². The molecule has 1 rings (SSSR count). The molecule has 3 N–H and O–H groups in total. The molecule has 2 amide bonds. The van der Waals surface area contributed by atoms with Crippen LogP contribution < -0.4 is 11.1 Å². The number of para-hydroxylation sites is 1. The van der Waals surface area contributed by atoms with E-state index in [4.69, 9.17) is 5.73 Å². The topological polar surface area (TPSA) is 98.5 Å². The van der Waals surface area contributed by atoms with E-state index in [0.717, 1.165) is 0 Å². The van der Waals surface area contributed by atoms with Crippen LogP contribution in [0.25, 0.3) is 0 Å². The standard InChI is InChI=1S/C13H16N2O4/c1-8(12(14)17)7-11(16)15-10-6-4-3-5-9(10)13(18)19-2/h3-6,8H,7H2,1-2H3,(H2,14,17)(H,15,16). The van der Waals surface area contributed by atoms with Crippen molar-refractivity contribution in [3.63, 3.8) is 0 Å². The van der Waals surface area contributed by atoms with Gasteiger partial charge in [0.15, 0.2) is 0 Å². The first-order valence-electron chi connectivity index (χ1n) is 5.72. The van der Waals surface area contributed by atoms with Gasteiger partial charge in [0.05, 0.1) is 18.4 Å².